The molecule has 7 heteroatoms. The summed E-state index contributed by atoms with van der Waals surface area (Å²) < 4.78 is 0. The van der Waals surface area contributed by atoms with Crippen LogP contribution in [0.15, 0.2) is 60.7 Å². The number of carbonyl (C=O) groups excluding carboxylic acids is 3. The molecule has 0 spiro atoms. The van der Waals surface area contributed by atoms with Crippen LogP contribution in [0.4, 0.5) is 0 Å². The Morgan fingerprint density at radius 2 is 1.45 bits per heavy atom. The molecular weight excluding hydrogens is 476 g/mol. The van der Waals surface area contributed by atoms with E-state index in [0.29, 0.717) is 12.5 Å². The van der Waals surface area contributed by atoms with Gasteiger partial charge in [0.15, 0.2) is 0 Å². The first-order valence-electron chi connectivity index (χ1n) is 13.8. The third-order valence-corrected chi connectivity index (χ3v) is 8.21. The maximum atomic E-state index is 14.0. The average Bonchev–Trinajstić information content (AvgIpc) is 3.50. The van der Waals surface area contributed by atoms with Gasteiger partial charge in [0.2, 0.25) is 17.7 Å². The number of benzene rings is 2. The zero-order chi connectivity index (χ0) is 27.4. The summed E-state index contributed by atoms with van der Waals surface area (Å²) in [6.07, 6.45) is 2.73. The first kappa shape index (κ1) is 27.8. The van der Waals surface area contributed by atoms with Gasteiger partial charge < -0.3 is 20.9 Å². The number of nitrogens with one attached hydrogen (secondary N) is 3. The molecule has 4 rings (SSSR count). The maximum Gasteiger partial charge on any atom is 0.246 e. The summed E-state index contributed by atoms with van der Waals surface area (Å²) in [5.41, 5.74) is 1.43. The lowest BCUT2D eigenvalue weighted by atomic mass is 9.85. The van der Waals surface area contributed by atoms with Gasteiger partial charge in [-0.3, -0.25) is 14.4 Å². The van der Waals surface area contributed by atoms with Gasteiger partial charge >= 0.3 is 0 Å². The molecule has 204 valence electrons. The molecule has 3 unspecified atom stereocenters. The van der Waals surface area contributed by atoms with Gasteiger partial charge in [0, 0.05) is 12.6 Å². The molecule has 0 bridgehead atoms. The van der Waals surface area contributed by atoms with E-state index in [1.54, 1.807) is 14.0 Å². The normalized spacial score (nSPS) is 22.6. The summed E-state index contributed by atoms with van der Waals surface area (Å²) in [5.74, 6) is -0.377. The third kappa shape index (κ3) is 5.93. The minimum absolute atomic E-state index is 0.0455. The van der Waals surface area contributed by atoms with Crippen LogP contribution in [0.25, 0.3) is 0 Å². The Labute approximate surface area is 226 Å². The van der Waals surface area contributed by atoms with E-state index in [1.165, 1.54) is 0 Å². The van der Waals surface area contributed by atoms with Crippen LogP contribution in [0, 0.1) is 11.3 Å². The minimum atomic E-state index is -0.650. The van der Waals surface area contributed by atoms with Crippen molar-refractivity contribution in [3.63, 3.8) is 0 Å². The summed E-state index contributed by atoms with van der Waals surface area (Å²) in [6.45, 7) is 8.36. The van der Waals surface area contributed by atoms with Gasteiger partial charge in [-0.2, -0.15) is 0 Å². The van der Waals surface area contributed by atoms with Crippen LogP contribution in [0.1, 0.15) is 64.0 Å². The Morgan fingerprint density at radius 3 is 1.97 bits per heavy atom. The van der Waals surface area contributed by atoms with Crippen LogP contribution in [-0.4, -0.2) is 60.4 Å². The predicted molar refractivity (Wildman–Crippen MR) is 149 cm³/mol. The fourth-order valence-corrected chi connectivity index (χ4v) is 5.98. The van der Waals surface area contributed by atoms with E-state index in [4.69, 9.17) is 0 Å². The lowest BCUT2D eigenvalue weighted by Gasteiger charge is -2.38. The molecular formula is C31H42N4O3. The van der Waals surface area contributed by atoms with E-state index in [0.717, 1.165) is 30.4 Å². The fourth-order valence-electron chi connectivity index (χ4n) is 5.98. The van der Waals surface area contributed by atoms with Crippen LogP contribution >= 0.6 is 0 Å². The number of nitrogens with zero attached hydrogens (tertiary/aromatic N) is 1. The van der Waals surface area contributed by atoms with E-state index < -0.39 is 23.4 Å². The van der Waals surface area contributed by atoms with E-state index in [-0.39, 0.29) is 29.8 Å². The highest BCUT2D eigenvalue weighted by atomic mass is 16.2. The second kappa shape index (κ2) is 11.7. The van der Waals surface area contributed by atoms with Crippen LogP contribution in [0.2, 0.25) is 0 Å². The van der Waals surface area contributed by atoms with Crippen LogP contribution in [0.3, 0.4) is 0 Å². The number of amides is 3. The summed E-state index contributed by atoms with van der Waals surface area (Å²) >= 11 is 0. The summed E-state index contributed by atoms with van der Waals surface area (Å²) in [6, 6.07) is 18.4. The van der Waals surface area contributed by atoms with Gasteiger partial charge in [0.25, 0.3) is 0 Å². The number of likely N-dealkylation sites (N-methyl/N-ethyl adjacent to an activating group) is 1. The van der Waals surface area contributed by atoms with Crippen LogP contribution in [0.5, 0.6) is 0 Å². The van der Waals surface area contributed by atoms with Crippen molar-refractivity contribution in [1.29, 1.82) is 0 Å². The first-order chi connectivity index (χ1) is 18.1. The molecule has 3 N–H and O–H groups in total. The lowest BCUT2D eigenvalue weighted by Crippen LogP contribution is -2.60. The van der Waals surface area contributed by atoms with Gasteiger partial charge in [0.05, 0.1) is 18.0 Å². The average molecular weight is 519 g/mol. The van der Waals surface area contributed by atoms with Crippen molar-refractivity contribution >= 4 is 17.7 Å². The molecule has 7 nitrogen and oxygen atoms in total. The zero-order valence-electron chi connectivity index (χ0n) is 23.2. The largest absolute Gasteiger partial charge is 0.350 e. The highest BCUT2D eigenvalue weighted by molar-refractivity contribution is 5.91. The molecule has 2 aromatic rings. The zero-order valence-corrected chi connectivity index (χ0v) is 23.2. The molecule has 1 aliphatic carbocycles. The van der Waals surface area contributed by atoms with Crippen molar-refractivity contribution < 1.29 is 14.4 Å². The Kier molecular flexibility index (Phi) is 8.56. The SMILES string of the molecule is CN[C@@H](C)C(=O)N[C@H](C(=O)N1CCC2CCC(NC(=O)C(c3ccccc3)c3ccccc3)C21)C(C)(C)C. The molecule has 5 atom stereocenters. The van der Waals surface area contributed by atoms with Crippen molar-refractivity contribution in [2.45, 2.75) is 77.0 Å². The number of rotatable bonds is 8. The Morgan fingerprint density at radius 1 is 0.868 bits per heavy atom. The smallest absolute Gasteiger partial charge is 0.246 e. The molecule has 2 fully saturated rings. The topological polar surface area (TPSA) is 90.5 Å². The highest BCUT2D eigenvalue weighted by Crippen LogP contribution is 2.40. The first-order valence-corrected chi connectivity index (χ1v) is 13.8. The minimum Gasteiger partial charge on any atom is -0.350 e. The molecule has 2 aliphatic rings. The monoisotopic (exact) mass is 518 g/mol. The van der Waals surface area contributed by atoms with Crippen molar-refractivity contribution in [3.05, 3.63) is 71.8 Å². The van der Waals surface area contributed by atoms with Gasteiger partial charge in [-0.05, 0) is 55.7 Å². The van der Waals surface area contributed by atoms with Crippen molar-refractivity contribution in [3.8, 4) is 0 Å². The second-order valence-corrected chi connectivity index (χ2v) is 11.8. The number of hydrogen-bond donors (Lipinski definition) is 3. The van der Waals surface area contributed by atoms with Crippen molar-refractivity contribution in [2.75, 3.05) is 13.6 Å². The van der Waals surface area contributed by atoms with Gasteiger partial charge in [0.1, 0.15) is 6.04 Å². The maximum absolute atomic E-state index is 14.0. The fraction of sp³-hybridized carbons (Fsp3) is 0.516. The van der Waals surface area contributed by atoms with Gasteiger partial charge in [-0.1, -0.05) is 81.4 Å². The Hall–Kier alpha value is -3.19. The van der Waals surface area contributed by atoms with E-state index in [2.05, 4.69) is 16.0 Å². The molecule has 1 aliphatic heterocycles. The lowest BCUT2D eigenvalue weighted by molar-refractivity contribution is -0.141. The summed E-state index contributed by atoms with van der Waals surface area (Å²) in [7, 11) is 1.73. The molecule has 0 aromatic heterocycles. The summed E-state index contributed by atoms with van der Waals surface area (Å²) in [4.78, 5) is 42.5. The molecule has 3 amide bonds. The van der Waals surface area contributed by atoms with Gasteiger partial charge in [-0.25, -0.2) is 0 Å². The number of carbonyl (C=O) groups is 3. The Bertz CT molecular complexity index is 1080. The van der Waals surface area contributed by atoms with E-state index >= 15 is 0 Å². The highest BCUT2D eigenvalue weighted by Gasteiger charge is 2.49. The molecule has 38 heavy (non-hydrogen) atoms. The summed E-state index contributed by atoms with van der Waals surface area (Å²) in [5, 5.41) is 9.30. The molecule has 1 heterocycles. The second-order valence-electron chi connectivity index (χ2n) is 11.8. The number of hydrogen-bond acceptors (Lipinski definition) is 4. The quantitative estimate of drug-likeness (QED) is 0.499. The third-order valence-electron chi connectivity index (χ3n) is 8.21. The van der Waals surface area contributed by atoms with Crippen molar-refractivity contribution in [1.82, 2.24) is 20.9 Å². The standard InChI is InChI=1S/C31H42N4O3/c1-20(32-5)28(36)34-27(31(2,3)4)30(38)35-19-18-23-16-17-24(26(23)35)33-29(37)25(21-12-8-6-9-13-21)22-14-10-7-11-15-22/h6-15,20,23-27,32H,16-19H2,1-5H3,(H,33,37)(H,34,36)/t20-,23?,24?,26?,27+/m0/s1. The molecule has 2 aromatic carbocycles. The van der Waals surface area contributed by atoms with E-state index in [1.807, 2.05) is 86.3 Å². The van der Waals surface area contributed by atoms with Gasteiger partial charge in [-0.15, -0.1) is 0 Å². The Balaban J connectivity index is 1.55. The molecule has 1 saturated heterocycles. The van der Waals surface area contributed by atoms with Crippen LogP contribution < -0.4 is 16.0 Å². The van der Waals surface area contributed by atoms with Crippen molar-refractivity contribution in [2.24, 2.45) is 11.3 Å². The molecule has 0 radical (unpaired) electrons. The van der Waals surface area contributed by atoms with Crippen LogP contribution in [-0.2, 0) is 14.4 Å². The molecule has 1 saturated carbocycles. The van der Waals surface area contributed by atoms with E-state index in [9.17, 15) is 14.4 Å². The number of likely N-dealkylation sites (tertiary alicyclic amines) is 1. The number of fused-ring (bicyclic) bond motifs is 1. The predicted octanol–water partition coefficient (Wildman–Crippen LogP) is 3.45.